The van der Waals surface area contributed by atoms with E-state index in [2.05, 4.69) is 10.6 Å². The molecule has 0 saturated carbocycles. The second kappa shape index (κ2) is 14.7. The molecule has 9 nitrogen and oxygen atoms in total. The number of nitrogens with one attached hydrogen (secondary N) is 2. The van der Waals surface area contributed by atoms with Crippen molar-refractivity contribution in [1.29, 1.82) is 0 Å². The second-order valence-corrected chi connectivity index (χ2v) is 11.6. The SMILES string of the molecule is Cc1c(-c2cccn3c(C(=O)c4cc(F)c(NC(=O)/C=C/CN[C@H]5CCOC5)c(F)c4)ccc23)ccc2c1CCC2O.O=C(O)C(F)(F)F. The highest BCUT2D eigenvalue weighted by Gasteiger charge is 2.38. The first-order valence-corrected chi connectivity index (χ1v) is 15.3. The summed E-state index contributed by atoms with van der Waals surface area (Å²) in [4.78, 5) is 34.6. The fraction of sp³-hybridized carbons (Fsp3) is 0.286. The number of carboxylic acid groups (broad SMARTS) is 1. The number of carboxylic acids is 1. The molecular formula is C35H32F5N3O6. The van der Waals surface area contributed by atoms with Crippen molar-refractivity contribution in [3.63, 3.8) is 0 Å². The Morgan fingerprint density at radius 1 is 1.04 bits per heavy atom. The molecule has 2 aromatic carbocycles. The van der Waals surface area contributed by atoms with E-state index in [1.165, 1.54) is 6.08 Å². The molecule has 3 heterocycles. The summed E-state index contributed by atoms with van der Waals surface area (Å²) in [7, 11) is 0. The number of alkyl halides is 3. The maximum Gasteiger partial charge on any atom is 0.490 e. The van der Waals surface area contributed by atoms with E-state index < -0.39 is 47.3 Å². The van der Waals surface area contributed by atoms with E-state index in [0.29, 0.717) is 26.2 Å². The summed E-state index contributed by atoms with van der Waals surface area (Å²) >= 11 is 0. The number of carbonyl (C=O) groups is 3. The van der Waals surface area contributed by atoms with Crippen LogP contribution in [-0.4, -0.2) is 64.3 Å². The molecule has 49 heavy (non-hydrogen) atoms. The van der Waals surface area contributed by atoms with Crippen LogP contribution in [0.15, 0.2) is 66.9 Å². The first kappa shape index (κ1) is 35.4. The summed E-state index contributed by atoms with van der Waals surface area (Å²) in [6.07, 6.45) is 1.38. The zero-order valence-electron chi connectivity index (χ0n) is 26.1. The lowest BCUT2D eigenvalue weighted by Crippen LogP contribution is -2.29. The molecule has 1 amide bonds. The number of aliphatic hydroxyl groups is 1. The predicted molar refractivity (Wildman–Crippen MR) is 169 cm³/mol. The number of nitrogens with zero attached hydrogens (tertiary/aromatic N) is 1. The molecule has 4 N–H and O–H groups in total. The Morgan fingerprint density at radius 3 is 2.41 bits per heavy atom. The van der Waals surface area contributed by atoms with Crippen molar-refractivity contribution in [2.24, 2.45) is 0 Å². The lowest BCUT2D eigenvalue weighted by atomic mass is 9.93. The summed E-state index contributed by atoms with van der Waals surface area (Å²) in [5.41, 5.74) is 5.34. The van der Waals surface area contributed by atoms with Crippen molar-refractivity contribution in [2.75, 3.05) is 25.1 Å². The minimum Gasteiger partial charge on any atom is -0.475 e. The summed E-state index contributed by atoms with van der Waals surface area (Å²) in [6.45, 7) is 3.76. The number of rotatable bonds is 8. The number of hydrogen-bond donors (Lipinski definition) is 4. The first-order chi connectivity index (χ1) is 23.3. The second-order valence-electron chi connectivity index (χ2n) is 11.6. The third-order valence-electron chi connectivity index (χ3n) is 8.39. The standard InChI is InChI=1S/C33H31F2N3O4.C2HF3O2/c1-19-22(6-7-25-23(19)8-11-30(25)39)24-4-3-14-38-28(24)9-10-29(38)33(41)20-16-26(34)32(27(35)17-20)37-31(40)5-2-13-36-21-12-15-42-18-21;3-2(4,5)1(6)7/h2-7,9-10,14,16-17,21,30,36,39H,8,11-13,15,18H2,1H3,(H,37,40);(H,6,7)/b5-2+;/t21-,30?;/m0./s1. The minimum atomic E-state index is -5.08. The molecule has 4 aromatic rings. The smallest absolute Gasteiger partial charge is 0.475 e. The quantitative estimate of drug-likeness (QED) is 0.103. The monoisotopic (exact) mass is 685 g/mol. The van der Waals surface area contributed by atoms with E-state index in [-0.39, 0.29) is 17.3 Å². The van der Waals surface area contributed by atoms with Crippen LogP contribution >= 0.6 is 0 Å². The van der Waals surface area contributed by atoms with Gasteiger partial charge in [0.15, 0.2) is 0 Å². The van der Waals surface area contributed by atoms with Gasteiger partial charge in [0.05, 0.1) is 23.9 Å². The number of benzene rings is 2. The Bertz CT molecular complexity index is 1910. The molecule has 6 rings (SSSR count). The number of anilines is 1. The normalized spacial score (nSPS) is 17.2. The Kier molecular flexibility index (Phi) is 10.6. The van der Waals surface area contributed by atoms with E-state index in [1.807, 2.05) is 37.3 Å². The van der Waals surface area contributed by atoms with Crippen molar-refractivity contribution in [2.45, 2.75) is 44.5 Å². The largest absolute Gasteiger partial charge is 0.490 e. The molecule has 258 valence electrons. The number of pyridine rings is 1. The summed E-state index contributed by atoms with van der Waals surface area (Å²) in [5.74, 6) is -6.08. The van der Waals surface area contributed by atoms with Crippen LogP contribution in [0.25, 0.3) is 16.6 Å². The molecule has 1 saturated heterocycles. The Labute approximate surface area is 277 Å². The van der Waals surface area contributed by atoms with Crippen molar-refractivity contribution in [3.05, 3.63) is 106 Å². The van der Waals surface area contributed by atoms with E-state index in [9.17, 15) is 36.6 Å². The molecule has 2 aliphatic rings. The topological polar surface area (TPSA) is 129 Å². The van der Waals surface area contributed by atoms with Crippen molar-refractivity contribution in [1.82, 2.24) is 9.72 Å². The van der Waals surface area contributed by atoms with Crippen molar-refractivity contribution in [3.8, 4) is 11.1 Å². The number of aliphatic hydroxyl groups excluding tert-OH is 1. The van der Waals surface area contributed by atoms with Gasteiger partial charge in [-0.25, -0.2) is 13.6 Å². The summed E-state index contributed by atoms with van der Waals surface area (Å²) in [6, 6.07) is 13.3. The highest BCUT2D eigenvalue weighted by atomic mass is 19.4. The average Bonchev–Trinajstić information content (AvgIpc) is 3.82. The summed E-state index contributed by atoms with van der Waals surface area (Å²) < 4.78 is 68.6. The van der Waals surface area contributed by atoms with Gasteiger partial charge >= 0.3 is 12.1 Å². The number of amides is 1. The van der Waals surface area contributed by atoms with Gasteiger partial charge in [0.25, 0.3) is 0 Å². The Balaban J connectivity index is 0.000000606. The number of ketones is 1. The zero-order chi connectivity index (χ0) is 35.5. The molecule has 1 aliphatic heterocycles. The molecule has 2 atom stereocenters. The summed E-state index contributed by atoms with van der Waals surface area (Å²) in [5, 5.41) is 22.8. The molecule has 1 aliphatic carbocycles. The molecule has 1 unspecified atom stereocenters. The van der Waals surface area contributed by atoms with Crippen LogP contribution in [-0.2, 0) is 20.7 Å². The Morgan fingerprint density at radius 2 is 1.76 bits per heavy atom. The van der Waals surface area contributed by atoms with Crippen LogP contribution in [0.4, 0.5) is 27.6 Å². The fourth-order valence-electron chi connectivity index (χ4n) is 5.93. The van der Waals surface area contributed by atoms with Gasteiger partial charge in [-0.05, 0) is 78.8 Å². The first-order valence-electron chi connectivity index (χ1n) is 15.3. The van der Waals surface area contributed by atoms with Crippen LogP contribution in [0.5, 0.6) is 0 Å². The molecule has 0 bridgehead atoms. The van der Waals surface area contributed by atoms with Crippen LogP contribution in [0.1, 0.15) is 51.7 Å². The van der Waals surface area contributed by atoms with E-state index in [4.69, 9.17) is 14.6 Å². The van der Waals surface area contributed by atoms with Gasteiger partial charge in [-0.1, -0.05) is 24.3 Å². The molecule has 14 heteroatoms. The van der Waals surface area contributed by atoms with Crippen LogP contribution in [0, 0.1) is 18.6 Å². The number of halogens is 5. The van der Waals surface area contributed by atoms with Crippen LogP contribution in [0.3, 0.4) is 0 Å². The van der Waals surface area contributed by atoms with Gasteiger partial charge in [0.2, 0.25) is 11.7 Å². The lowest BCUT2D eigenvalue weighted by molar-refractivity contribution is -0.192. The molecule has 1 fully saturated rings. The molecule has 2 aromatic heterocycles. The van der Waals surface area contributed by atoms with Gasteiger partial charge in [0, 0.05) is 42.6 Å². The van der Waals surface area contributed by atoms with Gasteiger partial charge in [0.1, 0.15) is 17.3 Å². The molecular weight excluding hydrogens is 653 g/mol. The number of aromatic nitrogens is 1. The number of aliphatic carboxylic acids is 1. The maximum absolute atomic E-state index is 15.0. The van der Waals surface area contributed by atoms with Gasteiger partial charge in [-0.3, -0.25) is 9.59 Å². The average molecular weight is 686 g/mol. The predicted octanol–water partition coefficient (Wildman–Crippen LogP) is 5.91. The van der Waals surface area contributed by atoms with Crippen LogP contribution < -0.4 is 10.6 Å². The van der Waals surface area contributed by atoms with Gasteiger partial charge < -0.3 is 30.0 Å². The highest BCUT2D eigenvalue weighted by Crippen LogP contribution is 2.39. The maximum atomic E-state index is 15.0. The zero-order valence-corrected chi connectivity index (χ0v) is 26.1. The van der Waals surface area contributed by atoms with Gasteiger partial charge in [-0.15, -0.1) is 0 Å². The van der Waals surface area contributed by atoms with E-state index >= 15 is 0 Å². The number of ether oxygens (including phenoxy) is 1. The van der Waals surface area contributed by atoms with E-state index in [1.54, 1.807) is 22.7 Å². The van der Waals surface area contributed by atoms with Gasteiger partial charge in [-0.2, -0.15) is 13.2 Å². The third-order valence-corrected chi connectivity index (χ3v) is 8.39. The number of fused-ring (bicyclic) bond motifs is 2. The minimum absolute atomic E-state index is 0.172. The van der Waals surface area contributed by atoms with E-state index in [0.717, 1.165) is 58.3 Å². The van der Waals surface area contributed by atoms with Crippen molar-refractivity contribution < 1.29 is 51.3 Å². The molecule has 0 radical (unpaired) electrons. The number of carbonyl (C=O) groups excluding carboxylic acids is 2. The lowest BCUT2D eigenvalue weighted by Gasteiger charge is -2.14. The number of hydrogen-bond acceptors (Lipinski definition) is 6. The molecule has 0 spiro atoms. The Hall–Kier alpha value is -4.92. The van der Waals surface area contributed by atoms with Crippen molar-refractivity contribution >= 4 is 28.9 Å². The fourth-order valence-corrected chi connectivity index (χ4v) is 5.93. The highest BCUT2D eigenvalue weighted by molar-refractivity contribution is 6.09. The third kappa shape index (κ3) is 7.88. The van der Waals surface area contributed by atoms with Crippen LogP contribution in [0.2, 0.25) is 0 Å².